The predicted molar refractivity (Wildman–Crippen MR) is 125 cm³/mol. The summed E-state index contributed by atoms with van der Waals surface area (Å²) in [6, 6.07) is 14.4. The Morgan fingerprint density at radius 2 is 1.94 bits per heavy atom. The summed E-state index contributed by atoms with van der Waals surface area (Å²) in [6.45, 7) is 1.01. The standard InChI is InChI=1S/C25H33ClN2O3/c1-31-22-12-5-9-19(13-22)16-27-17-24(29)23(14-18-7-3-2-4-8-18)28-25(30)20-10-6-11-21(26)15-20/h5-6,9-13,15,18,23-24,27,29H,2-4,7-8,14,16-17H2,1H3,(H,28,30)/t23-,24+/m0/s1. The lowest BCUT2D eigenvalue weighted by Gasteiger charge is -2.30. The average Bonchev–Trinajstić information content (AvgIpc) is 2.79. The maximum Gasteiger partial charge on any atom is 0.251 e. The molecule has 5 nitrogen and oxygen atoms in total. The molecule has 0 heterocycles. The van der Waals surface area contributed by atoms with Crippen LogP contribution < -0.4 is 15.4 Å². The van der Waals surface area contributed by atoms with E-state index in [1.54, 1.807) is 31.4 Å². The van der Waals surface area contributed by atoms with Gasteiger partial charge in [0.2, 0.25) is 0 Å². The highest BCUT2D eigenvalue weighted by Gasteiger charge is 2.26. The smallest absolute Gasteiger partial charge is 0.251 e. The maximum atomic E-state index is 12.8. The van der Waals surface area contributed by atoms with Gasteiger partial charge in [-0.25, -0.2) is 0 Å². The number of benzene rings is 2. The van der Waals surface area contributed by atoms with Gasteiger partial charge in [-0.15, -0.1) is 0 Å². The molecule has 1 amide bonds. The van der Waals surface area contributed by atoms with Crippen LogP contribution in [0.2, 0.25) is 5.02 Å². The van der Waals surface area contributed by atoms with Crippen molar-refractivity contribution in [1.82, 2.24) is 10.6 Å². The minimum atomic E-state index is -0.685. The molecule has 1 saturated carbocycles. The van der Waals surface area contributed by atoms with Crippen molar-refractivity contribution in [3.05, 3.63) is 64.7 Å². The highest BCUT2D eigenvalue weighted by molar-refractivity contribution is 6.30. The van der Waals surface area contributed by atoms with Gasteiger partial charge in [0.25, 0.3) is 5.91 Å². The molecular weight excluding hydrogens is 412 g/mol. The van der Waals surface area contributed by atoms with Crippen LogP contribution in [0.5, 0.6) is 5.75 Å². The molecule has 0 aromatic heterocycles. The van der Waals surface area contributed by atoms with Crippen molar-refractivity contribution in [2.75, 3.05) is 13.7 Å². The van der Waals surface area contributed by atoms with Crippen LogP contribution in [0, 0.1) is 5.92 Å². The molecule has 2 aromatic carbocycles. The summed E-state index contributed by atoms with van der Waals surface area (Å²) < 4.78 is 5.27. The van der Waals surface area contributed by atoms with Crippen LogP contribution in [0.25, 0.3) is 0 Å². The maximum absolute atomic E-state index is 12.8. The predicted octanol–water partition coefficient (Wildman–Crippen LogP) is 4.57. The molecule has 0 unspecified atom stereocenters. The lowest BCUT2D eigenvalue weighted by atomic mass is 9.83. The van der Waals surface area contributed by atoms with Crippen LogP contribution in [0.4, 0.5) is 0 Å². The largest absolute Gasteiger partial charge is 0.497 e. The first-order chi connectivity index (χ1) is 15.0. The van der Waals surface area contributed by atoms with Gasteiger partial charge in [0, 0.05) is 23.7 Å². The first-order valence-corrected chi connectivity index (χ1v) is 11.5. The quantitative estimate of drug-likeness (QED) is 0.502. The Kier molecular flexibility index (Phi) is 9.19. The zero-order valence-electron chi connectivity index (χ0n) is 18.1. The van der Waals surface area contributed by atoms with Crippen LogP contribution in [0.1, 0.15) is 54.4 Å². The number of aliphatic hydroxyl groups is 1. The monoisotopic (exact) mass is 444 g/mol. The highest BCUT2D eigenvalue weighted by atomic mass is 35.5. The molecule has 0 bridgehead atoms. The normalized spacial score (nSPS) is 16.5. The molecular formula is C25H33ClN2O3. The molecule has 0 radical (unpaired) electrons. The Labute approximate surface area is 190 Å². The van der Waals surface area contributed by atoms with Crippen molar-refractivity contribution in [2.24, 2.45) is 5.92 Å². The second-order valence-corrected chi connectivity index (χ2v) is 8.82. The molecule has 0 saturated heterocycles. The fourth-order valence-corrected chi connectivity index (χ4v) is 4.45. The number of amides is 1. The van der Waals surface area contributed by atoms with Crippen molar-refractivity contribution in [1.29, 1.82) is 0 Å². The number of nitrogens with one attached hydrogen (secondary N) is 2. The van der Waals surface area contributed by atoms with Gasteiger partial charge in [0.1, 0.15) is 5.75 Å². The van der Waals surface area contributed by atoms with E-state index in [2.05, 4.69) is 10.6 Å². The third kappa shape index (κ3) is 7.53. The molecule has 1 fully saturated rings. The minimum absolute atomic E-state index is 0.199. The van der Waals surface area contributed by atoms with Gasteiger partial charge < -0.3 is 20.5 Å². The van der Waals surface area contributed by atoms with Gasteiger partial charge in [-0.3, -0.25) is 4.79 Å². The van der Waals surface area contributed by atoms with E-state index in [-0.39, 0.29) is 11.9 Å². The summed E-state index contributed by atoms with van der Waals surface area (Å²) in [5.41, 5.74) is 1.59. The molecule has 3 rings (SSSR count). The zero-order valence-corrected chi connectivity index (χ0v) is 18.9. The van der Waals surface area contributed by atoms with E-state index in [9.17, 15) is 9.90 Å². The van der Waals surface area contributed by atoms with Gasteiger partial charge >= 0.3 is 0 Å². The first-order valence-electron chi connectivity index (χ1n) is 11.1. The Bertz CT molecular complexity index is 839. The van der Waals surface area contributed by atoms with E-state index in [1.165, 1.54) is 19.3 Å². The highest BCUT2D eigenvalue weighted by Crippen LogP contribution is 2.28. The van der Waals surface area contributed by atoms with Crippen LogP contribution in [-0.2, 0) is 6.54 Å². The van der Waals surface area contributed by atoms with Gasteiger partial charge in [0.15, 0.2) is 0 Å². The summed E-state index contributed by atoms with van der Waals surface area (Å²) in [7, 11) is 1.65. The first kappa shape index (κ1) is 23.6. The van der Waals surface area contributed by atoms with Gasteiger partial charge in [0.05, 0.1) is 19.3 Å². The van der Waals surface area contributed by atoms with Gasteiger partial charge in [-0.2, -0.15) is 0 Å². The van der Waals surface area contributed by atoms with Crippen LogP contribution in [-0.4, -0.2) is 36.8 Å². The molecule has 1 aliphatic carbocycles. The molecule has 0 aliphatic heterocycles. The Balaban J connectivity index is 1.60. The van der Waals surface area contributed by atoms with Crippen molar-refractivity contribution in [3.8, 4) is 5.75 Å². The number of halogens is 1. The minimum Gasteiger partial charge on any atom is -0.497 e. The zero-order chi connectivity index (χ0) is 22.1. The van der Waals surface area contributed by atoms with E-state index in [4.69, 9.17) is 16.3 Å². The summed E-state index contributed by atoms with van der Waals surface area (Å²) in [6.07, 6.45) is 6.15. The number of hydrogen-bond acceptors (Lipinski definition) is 4. The SMILES string of the molecule is COc1cccc(CNC[C@@H](O)[C@H](CC2CCCCC2)NC(=O)c2cccc(Cl)c2)c1. The summed E-state index contributed by atoms with van der Waals surface area (Å²) in [5.74, 6) is 1.14. The fraction of sp³-hybridized carbons (Fsp3) is 0.480. The second kappa shape index (κ2) is 12.1. The Morgan fingerprint density at radius 3 is 2.68 bits per heavy atom. The third-order valence-corrected chi connectivity index (χ3v) is 6.23. The van der Waals surface area contributed by atoms with Crippen LogP contribution in [0.15, 0.2) is 48.5 Å². The van der Waals surface area contributed by atoms with Gasteiger partial charge in [-0.05, 0) is 48.2 Å². The fourth-order valence-electron chi connectivity index (χ4n) is 4.26. The van der Waals surface area contributed by atoms with E-state index in [0.717, 1.165) is 30.6 Å². The molecule has 2 aromatic rings. The molecule has 31 heavy (non-hydrogen) atoms. The van der Waals surface area contributed by atoms with E-state index >= 15 is 0 Å². The number of carbonyl (C=O) groups excluding carboxylic acids is 1. The third-order valence-electron chi connectivity index (χ3n) is 6.00. The average molecular weight is 445 g/mol. The summed E-state index contributed by atoms with van der Waals surface area (Å²) >= 11 is 6.04. The van der Waals surface area contributed by atoms with Crippen molar-refractivity contribution < 1.29 is 14.6 Å². The summed E-state index contributed by atoms with van der Waals surface area (Å²) in [4.78, 5) is 12.8. The van der Waals surface area contributed by atoms with Crippen molar-refractivity contribution in [3.63, 3.8) is 0 Å². The van der Waals surface area contributed by atoms with E-state index < -0.39 is 6.10 Å². The number of aliphatic hydroxyl groups excluding tert-OH is 1. The number of hydrogen-bond donors (Lipinski definition) is 3. The molecule has 2 atom stereocenters. The molecule has 6 heteroatoms. The number of rotatable bonds is 10. The van der Waals surface area contributed by atoms with E-state index in [0.29, 0.717) is 29.6 Å². The number of carbonyl (C=O) groups is 1. The lowest BCUT2D eigenvalue weighted by molar-refractivity contribution is 0.0777. The second-order valence-electron chi connectivity index (χ2n) is 8.38. The lowest BCUT2D eigenvalue weighted by Crippen LogP contribution is -2.48. The van der Waals surface area contributed by atoms with Crippen LogP contribution >= 0.6 is 11.6 Å². The summed E-state index contributed by atoms with van der Waals surface area (Å²) in [5, 5.41) is 17.8. The Morgan fingerprint density at radius 1 is 1.16 bits per heavy atom. The number of methoxy groups -OCH3 is 1. The topological polar surface area (TPSA) is 70.6 Å². The van der Waals surface area contributed by atoms with Crippen LogP contribution in [0.3, 0.4) is 0 Å². The van der Waals surface area contributed by atoms with Crippen molar-refractivity contribution >= 4 is 17.5 Å². The molecule has 1 aliphatic rings. The molecule has 0 spiro atoms. The van der Waals surface area contributed by atoms with Crippen molar-refractivity contribution in [2.45, 2.75) is 57.2 Å². The van der Waals surface area contributed by atoms with E-state index in [1.807, 2.05) is 24.3 Å². The number of ether oxygens (including phenoxy) is 1. The molecule has 3 N–H and O–H groups in total. The Hall–Kier alpha value is -2.08. The molecule has 168 valence electrons. The van der Waals surface area contributed by atoms with Gasteiger partial charge in [-0.1, -0.05) is 61.9 Å².